The number of aromatic carboxylic acids is 1. The number of esters is 1. The summed E-state index contributed by atoms with van der Waals surface area (Å²) in [4.78, 5) is 20.9. The molecule has 2 aromatic rings. The molecule has 0 spiro atoms. The van der Waals surface area contributed by atoms with E-state index in [2.05, 4.69) is 26.1 Å². The van der Waals surface area contributed by atoms with Crippen molar-refractivity contribution in [3.63, 3.8) is 0 Å². The fourth-order valence-corrected chi connectivity index (χ4v) is 1.37. The van der Waals surface area contributed by atoms with E-state index >= 15 is 0 Å². The standard InChI is InChI=1S/C8H6F2O2.C7H4F2O2.Cl2OS/c1-12-8(11)5-2-3-6(9)7(10)4-5;8-5-2-1-4(7(10)11)3-6(5)9;1-4(2)3/h2-4H,1H3;1-3H,(H,10,11);. The quantitative estimate of drug-likeness (QED) is 0.416. The van der Waals surface area contributed by atoms with E-state index in [0.717, 1.165) is 30.3 Å². The minimum Gasteiger partial charge on any atom is -0.478 e. The summed E-state index contributed by atoms with van der Waals surface area (Å²) in [5.41, 5.74) is -0.264. The molecule has 12 heteroatoms. The molecule has 0 aromatic heterocycles. The van der Waals surface area contributed by atoms with Crippen LogP contribution in [0.5, 0.6) is 0 Å². The van der Waals surface area contributed by atoms with Crippen molar-refractivity contribution in [2.45, 2.75) is 0 Å². The van der Waals surface area contributed by atoms with Crippen molar-refractivity contribution < 1.29 is 41.2 Å². The fourth-order valence-electron chi connectivity index (χ4n) is 1.37. The minimum absolute atomic E-state index is 0.00333. The number of carboxylic acid groups (broad SMARTS) is 1. The van der Waals surface area contributed by atoms with Crippen molar-refractivity contribution in [1.82, 2.24) is 0 Å². The highest BCUT2D eigenvalue weighted by Gasteiger charge is 2.08. The summed E-state index contributed by atoms with van der Waals surface area (Å²) in [5, 5.41) is 8.31. The molecule has 0 heterocycles. The molecule has 1 N–H and O–H groups in total. The lowest BCUT2D eigenvalue weighted by Crippen LogP contribution is -2.01. The molecule has 0 bridgehead atoms. The first-order valence-corrected chi connectivity index (χ1v) is 9.25. The number of carbonyl (C=O) groups is 2. The second-order valence-electron chi connectivity index (χ2n) is 4.24. The summed E-state index contributed by atoms with van der Waals surface area (Å²) < 4.78 is 62.7. The molecule has 148 valence electrons. The summed E-state index contributed by atoms with van der Waals surface area (Å²) in [6.07, 6.45) is 0. The van der Waals surface area contributed by atoms with Gasteiger partial charge in [-0.2, -0.15) is 0 Å². The van der Waals surface area contributed by atoms with Crippen molar-refractivity contribution in [1.29, 1.82) is 0 Å². The smallest absolute Gasteiger partial charge is 0.337 e. The highest BCUT2D eigenvalue weighted by Crippen LogP contribution is 2.09. The molecule has 0 radical (unpaired) electrons. The minimum atomic E-state index is -1.67. The van der Waals surface area contributed by atoms with Crippen molar-refractivity contribution >= 4 is 42.5 Å². The van der Waals surface area contributed by atoms with Gasteiger partial charge in [0, 0.05) is 21.4 Å². The Labute approximate surface area is 161 Å². The molecule has 0 saturated heterocycles. The van der Waals surface area contributed by atoms with E-state index in [4.69, 9.17) is 9.32 Å². The normalized spacial score (nSPS) is 9.48. The summed E-state index contributed by atoms with van der Waals surface area (Å²) >= 11 is 0. The van der Waals surface area contributed by atoms with Gasteiger partial charge in [0.2, 0.25) is 9.23 Å². The van der Waals surface area contributed by atoms with Gasteiger partial charge in [-0.3, -0.25) is 0 Å². The van der Waals surface area contributed by atoms with E-state index in [1.165, 1.54) is 7.11 Å². The van der Waals surface area contributed by atoms with Gasteiger partial charge in [0.05, 0.1) is 18.2 Å². The van der Waals surface area contributed by atoms with Crippen LogP contribution < -0.4 is 0 Å². The molecular weight excluding hydrogens is 439 g/mol. The van der Waals surface area contributed by atoms with E-state index in [9.17, 15) is 27.2 Å². The predicted octanol–water partition coefficient (Wildman–Crippen LogP) is 4.46. The second-order valence-corrected chi connectivity index (χ2v) is 6.76. The Bertz CT molecular complexity index is 832. The Morgan fingerprint density at radius 2 is 1.26 bits per heavy atom. The molecule has 0 aliphatic rings. The molecule has 5 nitrogen and oxygen atoms in total. The van der Waals surface area contributed by atoms with Crippen LogP contribution in [0.4, 0.5) is 17.6 Å². The van der Waals surface area contributed by atoms with Crippen LogP contribution in [0.2, 0.25) is 0 Å². The molecule has 0 unspecified atom stereocenters. The Hall–Kier alpha value is -2.17. The lowest BCUT2D eigenvalue weighted by molar-refractivity contribution is 0.0599. The lowest BCUT2D eigenvalue weighted by atomic mass is 10.2. The van der Waals surface area contributed by atoms with Crippen LogP contribution in [0.15, 0.2) is 36.4 Å². The number of hydrogen-bond donors (Lipinski definition) is 1. The molecule has 2 rings (SSSR count). The van der Waals surface area contributed by atoms with Gasteiger partial charge in [-0.15, -0.1) is 0 Å². The van der Waals surface area contributed by atoms with E-state index in [-0.39, 0.29) is 11.1 Å². The average molecular weight is 449 g/mol. The molecule has 0 aliphatic heterocycles. The first-order valence-electron chi connectivity index (χ1n) is 6.45. The predicted molar refractivity (Wildman–Crippen MR) is 90.9 cm³/mol. The molecule has 0 saturated carbocycles. The van der Waals surface area contributed by atoms with E-state index in [1.807, 2.05) is 0 Å². The van der Waals surface area contributed by atoms with Gasteiger partial charge in [-0.1, -0.05) is 0 Å². The van der Waals surface area contributed by atoms with Gasteiger partial charge < -0.3 is 9.84 Å². The monoisotopic (exact) mass is 448 g/mol. The summed E-state index contributed by atoms with van der Waals surface area (Å²) in [6, 6.07) is 5.24. The van der Waals surface area contributed by atoms with Gasteiger partial charge in [0.1, 0.15) is 0 Å². The molecule has 0 fully saturated rings. The van der Waals surface area contributed by atoms with Gasteiger partial charge in [-0.25, -0.2) is 31.4 Å². The zero-order chi connectivity index (χ0) is 21.1. The third-order valence-corrected chi connectivity index (χ3v) is 2.51. The molecular formula is C15H10Cl2F4O5S. The van der Waals surface area contributed by atoms with Gasteiger partial charge in [0.25, 0.3) is 0 Å². The zero-order valence-corrected chi connectivity index (χ0v) is 15.5. The lowest BCUT2D eigenvalue weighted by Gasteiger charge is -1.98. The van der Waals surface area contributed by atoms with Gasteiger partial charge in [0.15, 0.2) is 23.3 Å². The Morgan fingerprint density at radius 3 is 1.59 bits per heavy atom. The van der Waals surface area contributed by atoms with E-state index in [0.29, 0.717) is 6.07 Å². The maximum atomic E-state index is 12.5. The second kappa shape index (κ2) is 12.3. The van der Waals surface area contributed by atoms with Crippen LogP contribution in [0.1, 0.15) is 20.7 Å². The highest BCUT2D eigenvalue weighted by atomic mass is 36.0. The maximum Gasteiger partial charge on any atom is 0.337 e. The van der Waals surface area contributed by atoms with Crippen molar-refractivity contribution in [3.05, 3.63) is 70.8 Å². The largest absolute Gasteiger partial charge is 0.478 e. The number of carbonyl (C=O) groups excluding carboxylic acids is 1. The van der Waals surface area contributed by atoms with Crippen LogP contribution in [-0.4, -0.2) is 28.4 Å². The average Bonchev–Trinajstić information content (AvgIpc) is 2.59. The Balaban J connectivity index is 0.000000421. The number of halogens is 6. The SMILES string of the molecule is COC(=O)c1ccc(F)c(F)c1.O=C(O)c1ccc(F)c(F)c1.O=S(Cl)Cl. The number of ether oxygens (including phenoxy) is 1. The molecule has 0 amide bonds. The zero-order valence-electron chi connectivity index (χ0n) is 13.2. The summed E-state index contributed by atoms with van der Waals surface area (Å²) in [7, 11) is 8.53. The summed E-state index contributed by atoms with van der Waals surface area (Å²) in [6.45, 7) is 0. The van der Waals surface area contributed by atoms with E-state index in [1.54, 1.807) is 0 Å². The van der Waals surface area contributed by atoms with Crippen LogP contribution in [0, 0.1) is 23.3 Å². The first-order chi connectivity index (χ1) is 12.5. The fraction of sp³-hybridized carbons (Fsp3) is 0.0667. The highest BCUT2D eigenvalue weighted by molar-refractivity contribution is 8.26. The van der Waals surface area contributed by atoms with Crippen LogP contribution in [-0.2, 0) is 14.0 Å². The van der Waals surface area contributed by atoms with Crippen molar-refractivity contribution in [2.24, 2.45) is 0 Å². The third kappa shape index (κ3) is 9.92. The molecule has 2 aromatic carbocycles. The van der Waals surface area contributed by atoms with Crippen LogP contribution in [0.25, 0.3) is 0 Å². The number of rotatable bonds is 2. The number of methoxy groups -OCH3 is 1. The van der Waals surface area contributed by atoms with E-state index < -0.39 is 44.4 Å². The third-order valence-electron chi connectivity index (χ3n) is 2.51. The number of carboxylic acids is 1. The number of hydrogen-bond acceptors (Lipinski definition) is 4. The summed E-state index contributed by atoms with van der Waals surface area (Å²) in [5.74, 6) is -6.20. The Morgan fingerprint density at radius 1 is 0.889 bits per heavy atom. The maximum absolute atomic E-state index is 12.5. The van der Waals surface area contributed by atoms with Gasteiger partial charge in [-0.05, 0) is 36.4 Å². The van der Waals surface area contributed by atoms with Gasteiger partial charge >= 0.3 is 11.9 Å². The Kier molecular flexibility index (Phi) is 11.3. The molecule has 0 atom stereocenters. The van der Waals surface area contributed by atoms with Crippen molar-refractivity contribution in [3.8, 4) is 0 Å². The van der Waals surface area contributed by atoms with Crippen molar-refractivity contribution in [2.75, 3.05) is 7.11 Å². The number of benzene rings is 2. The molecule has 0 aliphatic carbocycles. The van der Waals surface area contributed by atoms with Crippen LogP contribution in [0.3, 0.4) is 0 Å². The first kappa shape index (κ1) is 24.8. The topological polar surface area (TPSA) is 80.7 Å². The molecule has 27 heavy (non-hydrogen) atoms. The van der Waals surface area contributed by atoms with Crippen LogP contribution >= 0.6 is 21.4 Å².